The van der Waals surface area contributed by atoms with Gasteiger partial charge in [0.25, 0.3) is 0 Å². The molecule has 0 amide bonds. The second-order valence-electron chi connectivity index (χ2n) is 5.48. The molecule has 0 spiro atoms. The number of nitrogens with zero attached hydrogens (tertiary/aromatic N) is 1. The normalized spacial score (nSPS) is 12.0. The van der Waals surface area contributed by atoms with Gasteiger partial charge >= 0.3 is 6.61 Å². The average molecular weight is 303 g/mol. The van der Waals surface area contributed by atoms with Crippen LogP contribution in [0.2, 0.25) is 0 Å². The molecule has 0 unspecified atom stereocenters. The van der Waals surface area contributed by atoms with Crippen molar-refractivity contribution >= 4 is 0 Å². The smallest absolute Gasteiger partial charge is 0.387 e. The zero-order valence-electron chi connectivity index (χ0n) is 12.9. The zero-order valence-corrected chi connectivity index (χ0v) is 12.9. The largest absolute Gasteiger partial charge is 0.493 e. The summed E-state index contributed by atoms with van der Waals surface area (Å²) in [5, 5.41) is 9.87. The quantitative estimate of drug-likeness (QED) is 0.802. The zero-order chi connectivity index (χ0) is 16.0. The van der Waals surface area contributed by atoms with Gasteiger partial charge in [-0.15, -0.1) is 0 Å². The molecule has 0 aliphatic rings. The Kier molecular flexibility index (Phi) is 6.36. The highest BCUT2D eigenvalue weighted by atomic mass is 19.3. The standard InChI is InChI=1S/C15H23F2NO3/c1-5-18(10-15(2,3)19)9-11-6-7-12(21-14(16)17)13(8-11)20-4/h6-8,14,19H,5,9-10H2,1-4H3. The number of alkyl halides is 2. The van der Waals surface area contributed by atoms with Gasteiger partial charge in [0, 0.05) is 13.1 Å². The maximum atomic E-state index is 12.3. The first-order valence-electron chi connectivity index (χ1n) is 6.81. The van der Waals surface area contributed by atoms with Gasteiger partial charge in [-0.2, -0.15) is 8.78 Å². The maximum Gasteiger partial charge on any atom is 0.387 e. The summed E-state index contributed by atoms with van der Waals surface area (Å²) < 4.78 is 34.0. The molecule has 1 rings (SSSR count). The van der Waals surface area contributed by atoms with E-state index in [1.807, 2.05) is 6.92 Å². The van der Waals surface area contributed by atoms with E-state index >= 15 is 0 Å². The van der Waals surface area contributed by atoms with Crippen LogP contribution in [-0.4, -0.2) is 42.4 Å². The van der Waals surface area contributed by atoms with Crippen molar-refractivity contribution < 1.29 is 23.4 Å². The van der Waals surface area contributed by atoms with E-state index in [1.54, 1.807) is 26.0 Å². The van der Waals surface area contributed by atoms with Crippen molar-refractivity contribution in [1.29, 1.82) is 0 Å². The molecule has 0 saturated carbocycles. The van der Waals surface area contributed by atoms with Gasteiger partial charge in [0.05, 0.1) is 12.7 Å². The first-order chi connectivity index (χ1) is 9.75. The number of benzene rings is 1. The molecule has 0 aromatic heterocycles. The Morgan fingerprint density at radius 2 is 1.95 bits per heavy atom. The van der Waals surface area contributed by atoms with Crippen LogP contribution in [0.3, 0.4) is 0 Å². The van der Waals surface area contributed by atoms with Crippen LogP contribution in [0.25, 0.3) is 0 Å². The minimum absolute atomic E-state index is 0.0155. The van der Waals surface area contributed by atoms with Crippen LogP contribution in [0.15, 0.2) is 18.2 Å². The van der Waals surface area contributed by atoms with Crippen molar-refractivity contribution in [2.75, 3.05) is 20.2 Å². The Bertz CT molecular complexity index is 447. The second kappa shape index (κ2) is 7.56. The minimum Gasteiger partial charge on any atom is -0.493 e. The molecule has 0 saturated heterocycles. The summed E-state index contributed by atoms with van der Waals surface area (Å²) in [6, 6.07) is 4.86. The van der Waals surface area contributed by atoms with Crippen LogP contribution in [0.1, 0.15) is 26.3 Å². The van der Waals surface area contributed by atoms with E-state index in [2.05, 4.69) is 9.64 Å². The molecule has 1 aromatic carbocycles. The predicted molar refractivity (Wildman–Crippen MR) is 76.9 cm³/mol. The molecule has 120 valence electrons. The molecule has 0 aliphatic heterocycles. The molecule has 0 heterocycles. The summed E-state index contributed by atoms with van der Waals surface area (Å²) in [5.41, 5.74) is 0.110. The van der Waals surface area contributed by atoms with Crippen molar-refractivity contribution in [2.45, 2.75) is 39.5 Å². The average Bonchev–Trinajstić information content (AvgIpc) is 2.37. The summed E-state index contributed by atoms with van der Waals surface area (Å²) in [7, 11) is 1.41. The Hall–Kier alpha value is -1.40. The van der Waals surface area contributed by atoms with Gasteiger partial charge in [-0.3, -0.25) is 4.90 Å². The number of hydrogen-bond donors (Lipinski definition) is 1. The molecule has 0 atom stereocenters. The third-order valence-corrected chi connectivity index (χ3v) is 2.91. The Labute approximate surface area is 124 Å². The number of methoxy groups -OCH3 is 1. The highest BCUT2D eigenvalue weighted by Crippen LogP contribution is 2.30. The van der Waals surface area contributed by atoms with Crippen LogP contribution >= 0.6 is 0 Å². The fourth-order valence-electron chi connectivity index (χ4n) is 2.09. The molecule has 0 fully saturated rings. The van der Waals surface area contributed by atoms with Crippen molar-refractivity contribution in [3.63, 3.8) is 0 Å². The van der Waals surface area contributed by atoms with Crippen molar-refractivity contribution in [2.24, 2.45) is 0 Å². The van der Waals surface area contributed by atoms with Gasteiger partial charge in [0.2, 0.25) is 0 Å². The van der Waals surface area contributed by atoms with Gasteiger partial charge in [-0.25, -0.2) is 0 Å². The molecule has 1 N–H and O–H groups in total. The first-order valence-corrected chi connectivity index (χ1v) is 6.81. The molecule has 6 heteroatoms. The summed E-state index contributed by atoms with van der Waals surface area (Å²) in [4.78, 5) is 2.06. The SMILES string of the molecule is CCN(Cc1ccc(OC(F)F)c(OC)c1)CC(C)(C)O. The van der Waals surface area contributed by atoms with E-state index < -0.39 is 12.2 Å². The molecule has 21 heavy (non-hydrogen) atoms. The number of rotatable bonds is 8. The summed E-state index contributed by atoms with van der Waals surface area (Å²) in [6.07, 6.45) is 0. The van der Waals surface area contributed by atoms with Gasteiger partial charge < -0.3 is 14.6 Å². The summed E-state index contributed by atoms with van der Waals surface area (Å²) in [6.45, 7) is 4.48. The molecule has 1 aromatic rings. The predicted octanol–water partition coefficient (Wildman–Crippen LogP) is 2.89. The number of halogens is 2. The Morgan fingerprint density at radius 1 is 1.29 bits per heavy atom. The van der Waals surface area contributed by atoms with E-state index in [1.165, 1.54) is 13.2 Å². The van der Waals surface area contributed by atoms with Crippen LogP contribution in [0.5, 0.6) is 11.5 Å². The molecule has 4 nitrogen and oxygen atoms in total. The van der Waals surface area contributed by atoms with E-state index in [9.17, 15) is 13.9 Å². The van der Waals surface area contributed by atoms with Crippen LogP contribution in [0.4, 0.5) is 8.78 Å². The third-order valence-electron chi connectivity index (χ3n) is 2.91. The molecular formula is C15H23F2NO3. The fourth-order valence-corrected chi connectivity index (χ4v) is 2.09. The molecular weight excluding hydrogens is 280 g/mol. The topological polar surface area (TPSA) is 41.9 Å². The first kappa shape index (κ1) is 17.7. The third kappa shape index (κ3) is 6.27. The number of hydrogen-bond acceptors (Lipinski definition) is 4. The van der Waals surface area contributed by atoms with Crippen LogP contribution in [-0.2, 0) is 6.54 Å². The highest BCUT2D eigenvalue weighted by molar-refractivity contribution is 5.43. The minimum atomic E-state index is -2.88. The lowest BCUT2D eigenvalue weighted by Crippen LogP contribution is -2.38. The molecule has 0 radical (unpaired) electrons. The molecule has 0 aliphatic carbocycles. The van der Waals surface area contributed by atoms with Crippen LogP contribution in [0, 0.1) is 0 Å². The van der Waals surface area contributed by atoms with Gasteiger partial charge in [-0.05, 0) is 38.1 Å². The lowest BCUT2D eigenvalue weighted by atomic mass is 10.1. The van der Waals surface area contributed by atoms with Crippen LogP contribution < -0.4 is 9.47 Å². The van der Waals surface area contributed by atoms with Crippen molar-refractivity contribution in [3.8, 4) is 11.5 Å². The van der Waals surface area contributed by atoms with E-state index in [4.69, 9.17) is 4.74 Å². The lowest BCUT2D eigenvalue weighted by molar-refractivity contribution is -0.0512. The van der Waals surface area contributed by atoms with E-state index in [0.29, 0.717) is 13.1 Å². The highest BCUT2D eigenvalue weighted by Gasteiger charge is 2.18. The summed E-state index contributed by atoms with van der Waals surface area (Å²) in [5.74, 6) is 0.286. The lowest BCUT2D eigenvalue weighted by Gasteiger charge is -2.28. The van der Waals surface area contributed by atoms with Crippen molar-refractivity contribution in [1.82, 2.24) is 4.90 Å². The molecule has 0 bridgehead atoms. The summed E-state index contributed by atoms with van der Waals surface area (Å²) >= 11 is 0. The van der Waals surface area contributed by atoms with Gasteiger partial charge in [0.1, 0.15) is 0 Å². The Morgan fingerprint density at radius 3 is 2.43 bits per heavy atom. The maximum absolute atomic E-state index is 12.3. The fraction of sp³-hybridized carbons (Fsp3) is 0.600. The number of aliphatic hydroxyl groups is 1. The van der Waals surface area contributed by atoms with E-state index in [-0.39, 0.29) is 11.5 Å². The second-order valence-corrected chi connectivity index (χ2v) is 5.48. The Balaban J connectivity index is 2.83. The number of likely N-dealkylation sites (N-methyl/N-ethyl adjacent to an activating group) is 1. The van der Waals surface area contributed by atoms with Crippen molar-refractivity contribution in [3.05, 3.63) is 23.8 Å². The van der Waals surface area contributed by atoms with E-state index in [0.717, 1.165) is 12.1 Å². The van der Waals surface area contributed by atoms with Gasteiger partial charge in [-0.1, -0.05) is 13.0 Å². The number of ether oxygens (including phenoxy) is 2. The van der Waals surface area contributed by atoms with Gasteiger partial charge in [0.15, 0.2) is 11.5 Å². The monoisotopic (exact) mass is 303 g/mol.